The molecule has 1 unspecified atom stereocenters. The molecule has 184 valence electrons. The van der Waals surface area contributed by atoms with Gasteiger partial charge in [0.05, 0.1) is 12.0 Å². The maximum absolute atomic E-state index is 10.6. The van der Waals surface area contributed by atoms with Crippen LogP contribution in [0.2, 0.25) is 0 Å². The van der Waals surface area contributed by atoms with E-state index in [1.165, 1.54) is 133 Å². The molecule has 1 atom stereocenters. The first-order chi connectivity index (χ1) is 16.2. The van der Waals surface area contributed by atoms with Crippen molar-refractivity contribution in [2.45, 2.75) is 148 Å². The van der Waals surface area contributed by atoms with Crippen molar-refractivity contribution < 1.29 is 0 Å². The molecule has 33 heavy (non-hydrogen) atoms. The summed E-state index contributed by atoms with van der Waals surface area (Å²) in [6.07, 6.45) is 26.3. The summed E-state index contributed by atoms with van der Waals surface area (Å²) in [5.41, 5.74) is 3.48. The average molecular weight is 450 g/mol. The van der Waals surface area contributed by atoms with Crippen molar-refractivity contribution in [2.24, 2.45) is 11.3 Å². The maximum Gasteiger partial charge on any atom is 0.0665 e. The Hall–Kier alpha value is -1.29. The summed E-state index contributed by atoms with van der Waals surface area (Å²) in [6, 6.07) is 12.6. The van der Waals surface area contributed by atoms with Gasteiger partial charge in [0.25, 0.3) is 0 Å². The summed E-state index contributed by atoms with van der Waals surface area (Å²) in [6.45, 7) is 4.60. The molecule has 0 bridgehead atoms. The highest BCUT2D eigenvalue weighted by atomic mass is 14.5. The Morgan fingerprint density at radius 2 is 1.36 bits per heavy atom. The van der Waals surface area contributed by atoms with Gasteiger partial charge in [-0.05, 0) is 67.9 Å². The van der Waals surface area contributed by atoms with Crippen LogP contribution in [-0.4, -0.2) is 0 Å². The number of hydrogen-bond acceptors (Lipinski definition) is 1. The normalized spacial score (nSPS) is 20.8. The van der Waals surface area contributed by atoms with Gasteiger partial charge in [-0.1, -0.05) is 115 Å². The summed E-state index contributed by atoms with van der Waals surface area (Å²) in [7, 11) is 0. The molecular formula is C32H51N. The Balaban J connectivity index is 1.79. The summed E-state index contributed by atoms with van der Waals surface area (Å²) in [5, 5.41) is 10.6. The van der Waals surface area contributed by atoms with Gasteiger partial charge < -0.3 is 0 Å². The molecule has 1 aromatic rings. The number of benzene rings is 1. The minimum atomic E-state index is 0.0863. The summed E-state index contributed by atoms with van der Waals surface area (Å²) < 4.78 is 0. The van der Waals surface area contributed by atoms with Crippen LogP contribution in [0.4, 0.5) is 0 Å². The van der Waals surface area contributed by atoms with E-state index in [2.05, 4.69) is 44.2 Å². The molecule has 2 saturated carbocycles. The van der Waals surface area contributed by atoms with Gasteiger partial charge in [0, 0.05) is 5.41 Å². The second kappa shape index (κ2) is 13.6. The van der Waals surface area contributed by atoms with Gasteiger partial charge in [-0.3, -0.25) is 0 Å². The molecule has 0 N–H and O–H groups in total. The lowest BCUT2D eigenvalue weighted by Gasteiger charge is -2.47. The average Bonchev–Trinajstić information content (AvgIpc) is 2.87. The monoisotopic (exact) mass is 449 g/mol. The zero-order valence-corrected chi connectivity index (χ0v) is 22.0. The number of nitrogens with zero attached hydrogens (tertiary/aromatic N) is 1. The van der Waals surface area contributed by atoms with E-state index in [9.17, 15) is 5.26 Å². The number of hydrogen-bond donors (Lipinski definition) is 0. The molecule has 0 amide bonds. The first-order valence-electron chi connectivity index (χ1n) is 14.7. The Morgan fingerprint density at radius 1 is 0.758 bits per heavy atom. The minimum absolute atomic E-state index is 0.0863. The predicted octanol–water partition coefficient (Wildman–Crippen LogP) is 10.1. The van der Waals surface area contributed by atoms with Crippen molar-refractivity contribution in [1.82, 2.24) is 0 Å². The molecule has 0 radical (unpaired) electrons. The van der Waals surface area contributed by atoms with Gasteiger partial charge in [-0.2, -0.15) is 5.26 Å². The maximum atomic E-state index is 10.6. The van der Waals surface area contributed by atoms with E-state index in [4.69, 9.17) is 0 Å². The van der Waals surface area contributed by atoms with E-state index < -0.39 is 0 Å². The molecule has 0 aromatic heterocycles. The van der Waals surface area contributed by atoms with Crippen LogP contribution in [-0.2, 0) is 11.8 Å². The van der Waals surface area contributed by atoms with Crippen LogP contribution in [0.3, 0.4) is 0 Å². The first-order valence-corrected chi connectivity index (χ1v) is 14.7. The smallest absolute Gasteiger partial charge is 0.0665 e. The van der Waals surface area contributed by atoms with Crippen molar-refractivity contribution >= 4 is 0 Å². The van der Waals surface area contributed by atoms with Crippen molar-refractivity contribution in [3.63, 3.8) is 0 Å². The zero-order valence-electron chi connectivity index (χ0n) is 22.0. The fourth-order valence-electron chi connectivity index (χ4n) is 7.19. The van der Waals surface area contributed by atoms with Crippen LogP contribution >= 0.6 is 0 Å². The van der Waals surface area contributed by atoms with E-state index in [0.717, 1.165) is 6.42 Å². The molecule has 3 rings (SSSR count). The van der Waals surface area contributed by atoms with Gasteiger partial charge in [0.1, 0.15) is 0 Å². The van der Waals surface area contributed by atoms with Gasteiger partial charge in [-0.25, -0.2) is 0 Å². The molecule has 0 aliphatic heterocycles. The molecule has 1 heteroatoms. The molecule has 2 fully saturated rings. The fourth-order valence-corrected chi connectivity index (χ4v) is 7.19. The molecular weight excluding hydrogens is 398 g/mol. The minimum Gasteiger partial charge on any atom is -0.198 e. The van der Waals surface area contributed by atoms with Gasteiger partial charge in [0.2, 0.25) is 0 Å². The Labute approximate surface area is 205 Å². The van der Waals surface area contributed by atoms with Crippen LogP contribution < -0.4 is 0 Å². The summed E-state index contributed by atoms with van der Waals surface area (Å²) >= 11 is 0. The second-order valence-corrected chi connectivity index (χ2v) is 11.6. The van der Waals surface area contributed by atoms with Gasteiger partial charge in [0.15, 0.2) is 0 Å². The lowest BCUT2D eigenvalue weighted by Crippen LogP contribution is -2.40. The highest BCUT2D eigenvalue weighted by Gasteiger charge is 2.45. The van der Waals surface area contributed by atoms with Crippen molar-refractivity contribution in [1.29, 1.82) is 5.26 Å². The van der Waals surface area contributed by atoms with Crippen LogP contribution in [0.25, 0.3) is 0 Å². The standard InChI is InChI=1S/C32H51N/c1-3-5-7-10-16-28-17-19-29(20-18-28)32(24-14-9-15-25-32)30(27-33)26-31(21-11-6-4-2)22-12-8-13-23-31/h17-20,30H,3-16,21-26H2,1-2H3. The Bertz CT molecular complexity index is 697. The SMILES string of the molecule is CCCCCCc1ccc(C2(C(C#N)CC3(CCCCC)CCCCC3)CCCCC2)cc1. The summed E-state index contributed by atoms with van der Waals surface area (Å²) in [5.74, 6) is 0.174. The van der Waals surface area contributed by atoms with Crippen LogP contribution in [0.1, 0.15) is 147 Å². The third-order valence-corrected chi connectivity index (χ3v) is 9.28. The largest absolute Gasteiger partial charge is 0.198 e. The van der Waals surface area contributed by atoms with Crippen LogP contribution in [0, 0.1) is 22.7 Å². The summed E-state index contributed by atoms with van der Waals surface area (Å²) in [4.78, 5) is 0. The molecule has 1 aromatic carbocycles. The third-order valence-electron chi connectivity index (χ3n) is 9.28. The number of nitriles is 1. The van der Waals surface area contributed by atoms with Gasteiger partial charge >= 0.3 is 0 Å². The predicted molar refractivity (Wildman–Crippen MR) is 142 cm³/mol. The van der Waals surface area contributed by atoms with Crippen molar-refractivity contribution in [3.05, 3.63) is 35.4 Å². The quantitative estimate of drug-likeness (QED) is 0.275. The zero-order chi connectivity index (χ0) is 23.4. The van der Waals surface area contributed by atoms with Gasteiger partial charge in [-0.15, -0.1) is 0 Å². The molecule has 1 nitrogen and oxygen atoms in total. The van der Waals surface area contributed by atoms with E-state index in [1.54, 1.807) is 0 Å². The highest BCUT2D eigenvalue weighted by Crippen LogP contribution is 2.53. The fraction of sp³-hybridized carbons (Fsp3) is 0.781. The Morgan fingerprint density at radius 3 is 1.97 bits per heavy atom. The van der Waals surface area contributed by atoms with Crippen molar-refractivity contribution in [3.8, 4) is 6.07 Å². The van der Waals surface area contributed by atoms with Crippen LogP contribution in [0.15, 0.2) is 24.3 Å². The third kappa shape index (κ3) is 7.10. The highest BCUT2D eigenvalue weighted by molar-refractivity contribution is 5.33. The number of aryl methyl sites for hydroxylation is 1. The molecule has 0 saturated heterocycles. The molecule has 2 aliphatic carbocycles. The number of unbranched alkanes of at least 4 members (excludes halogenated alkanes) is 5. The number of rotatable bonds is 13. The Kier molecular flexibility index (Phi) is 10.8. The van der Waals surface area contributed by atoms with E-state index in [1.807, 2.05) is 0 Å². The van der Waals surface area contributed by atoms with E-state index >= 15 is 0 Å². The second-order valence-electron chi connectivity index (χ2n) is 11.6. The first kappa shape index (κ1) is 26.3. The van der Waals surface area contributed by atoms with Crippen LogP contribution in [0.5, 0.6) is 0 Å². The lowest BCUT2D eigenvalue weighted by molar-refractivity contribution is 0.0968. The topological polar surface area (TPSA) is 23.8 Å². The van der Waals surface area contributed by atoms with E-state index in [0.29, 0.717) is 5.41 Å². The molecule has 0 spiro atoms. The van der Waals surface area contributed by atoms with Crippen molar-refractivity contribution in [2.75, 3.05) is 0 Å². The lowest BCUT2D eigenvalue weighted by atomic mass is 9.56. The molecule has 0 heterocycles. The van der Waals surface area contributed by atoms with E-state index in [-0.39, 0.29) is 11.3 Å². The molecule has 2 aliphatic rings.